The lowest BCUT2D eigenvalue weighted by atomic mass is 9.85. The van der Waals surface area contributed by atoms with E-state index in [0.717, 1.165) is 0 Å². The lowest BCUT2D eigenvalue weighted by Gasteiger charge is -2.31. The van der Waals surface area contributed by atoms with Gasteiger partial charge >= 0.3 is 0 Å². The molecule has 94 valence electrons. The van der Waals surface area contributed by atoms with Crippen molar-refractivity contribution in [3.8, 4) is 0 Å². The Morgan fingerprint density at radius 3 is 2.47 bits per heavy atom. The lowest BCUT2D eigenvalue weighted by Crippen LogP contribution is -2.44. The Morgan fingerprint density at radius 2 is 2.00 bits per heavy atom. The van der Waals surface area contributed by atoms with E-state index in [1.807, 2.05) is 20.8 Å². The number of nitrogens with zero attached hydrogens (tertiary/aromatic N) is 2. The molecule has 1 heterocycles. The number of amides is 1. The molecule has 0 saturated heterocycles. The molecule has 1 aromatic heterocycles. The average molecular weight is 237 g/mol. The Kier molecular flexibility index (Phi) is 4.57. The molecule has 1 amide bonds. The third-order valence-electron chi connectivity index (χ3n) is 2.59. The number of aliphatic hydroxyl groups excluding tert-OH is 1. The van der Waals surface area contributed by atoms with Crippen LogP contribution in [0.1, 0.15) is 37.6 Å². The van der Waals surface area contributed by atoms with Gasteiger partial charge < -0.3 is 10.4 Å². The van der Waals surface area contributed by atoms with E-state index >= 15 is 0 Å². The van der Waals surface area contributed by atoms with Gasteiger partial charge in [0.1, 0.15) is 6.33 Å². The van der Waals surface area contributed by atoms with Crippen molar-refractivity contribution < 1.29 is 9.90 Å². The molecule has 0 aliphatic heterocycles. The van der Waals surface area contributed by atoms with Gasteiger partial charge in [-0.05, 0) is 11.8 Å². The van der Waals surface area contributed by atoms with E-state index in [4.69, 9.17) is 5.11 Å². The second-order valence-corrected chi connectivity index (χ2v) is 5.03. The minimum Gasteiger partial charge on any atom is -0.396 e. The Hall–Kier alpha value is -1.49. The van der Waals surface area contributed by atoms with Crippen LogP contribution in [0.4, 0.5) is 0 Å². The molecular formula is C12H19N3O2. The molecule has 0 fully saturated rings. The minimum atomic E-state index is -0.209. The number of hydrogen-bond acceptors (Lipinski definition) is 4. The highest BCUT2D eigenvalue weighted by molar-refractivity contribution is 5.93. The van der Waals surface area contributed by atoms with Gasteiger partial charge in [0.25, 0.3) is 5.91 Å². The zero-order chi connectivity index (χ0) is 12.9. The van der Waals surface area contributed by atoms with Crippen molar-refractivity contribution in [2.75, 3.05) is 6.61 Å². The van der Waals surface area contributed by atoms with Crippen LogP contribution in [0.3, 0.4) is 0 Å². The number of aromatic nitrogens is 2. The van der Waals surface area contributed by atoms with E-state index in [-0.39, 0.29) is 24.0 Å². The molecule has 2 N–H and O–H groups in total. The van der Waals surface area contributed by atoms with Gasteiger partial charge in [-0.3, -0.25) is 4.79 Å². The first-order valence-corrected chi connectivity index (χ1v) is 5.62. The van der Waals surface area contributed by atoms with Crippen LogP contribution in [0, 0.1) is 5.41 Å². The maximum atomic E-state index is 11.9. The first-order valence-electron chi connectivity index (χ1n) is 5.62. The number of nitrogens with one attached hydrogen (secondary N) is 1. The average Bonchev–Trinajstić information content (AvgIpc) is 2.28. The SMILES string of the molecule is CC(C)(C)C(CCO)NC(=O)c1cncnc1. The summed E-state index contributed by atoms with van der Waals surface area (Å²) in [5, 5.41) is 11.9. The summed E-state index contributed by atoms with van der Waals surface area (Å²) in [5.74, 6) is -0.209. The lowest BCUT2D eigenvalue weighted by molar-refractivity contribution is 0.0884. The molecule has 0 bridgehead atoms. The summed E-state index contributed by atoms with van der Waals surface area (Å²) in [4.78, 5) is 19.5. The van der Waals surface area contributed by atoms with Crippen molar-refractivity contribution in [1.82, 2.24) is 15.3 Å². The molecule has 5 nitrogen and oxygen atoms in total. The summed E-state index contributed by atoms with van der Waals surface area (Å²) < 4.78 is 0. The molecule has 17 heavy (non-hydrogen) atoms. The van der Waals surface area contributed by atoms with Gasteiger partial charge in [-0.25, -0.2) is 9.97 Å². The van der Waals surface area contributed by atoms with Crippen molar-refractivity contribution in [2.24, 2.45) is 5.41 Å². The number of aliphatic hydroxyl groups is 1. The summed E-state index contributed by atoms with van der Waals surface area (Å²) in [7, 11) is 0. The van der Waals surface area contributed by atoms with Crippen molar-refractivity contribution in [3.05, 3.63) is 24.3 Å². The fourth-order valence-corrected chi connectivity index (χ4v) is 1.51. The second kappa shape index (κ2) is 5.72. The molecule has 0 aromatic carbocycles. The Balaban J connectivity index is 2.71. The topological polar surface area (TPSA) is 75.1 Å². The fourth-order valence-electron chi connectivity index (χ4n) is 1.51. The van der Waals surface area contributed by atoms with Crippen LogP contribution in [0.15, 0.2) is 18.7 Å². The molecule has 5 heteroatoms. The van der Waals surface area contributed by atoms with E-state index in [1.165, 1.54) is 18.7 Å². The van der Waals surface area contributed by atoms with E-state index in [2.05, 4.69) is 15.3 Å². The van der Waals surface area contributed by atoms with Crippen LogP contribution in [0.2, 0.25) is 0 Å². The first kappa shape index (κ1) is 13.6. The molecular weight excluding hydrogens is 218 g/mol. The van der Waals surface area contributed by atoms with Crippen molar-refractivity contribution >= 4 is 5.91 Å². The largest absolute Gasteiger partial charge is 0.396 e. The van der Waals surface area contributed by atoms with Gasteiger partial charge in [0.05, 0.1) is 5.56 Å². The highest BCUT2D eigenvalue weighted by atomic mass is 16.3. The quantitative estimate of drug-likeness (QED) is 0.819. The van der Waals surface area contributed by atoms with Crippen LogP contribution < -0.4 is 5.32 Å². The van der Waals surface area contributed by atoms with Gasteiger partial charge in [-0.1, -0.05) is 20.8 Å². The normalized spacial score (nSPS) is 13.2. The summed E-state index contributed by atoms with van der Waals surface area (Å²) >= 11 is 0. The van der Waals surface area contributed by atoms with Crippen LogP contribution in [0.5, 0.6) is 0 Å². The van der Waals surface area contributed by atoms with Crippen LogP contribution in [0.25, 0.3) is 0 Å². The number of hydrogen-bond donors (Lipinski definition) is 2. The van der Waals surface area contributed by atoms with Gasteiger partial charge in [-0.2, -0.15) is 0 Å². The highest BCUT2D eigenvalue weighted by Gasteiger charge is 2.26. The molecule has 0 radical (unpaired) electrons. The number of carbonyl (C=O) groups is 1. The molecule has 0 spiro atoms. The van der Waals surface area contributed by atoms with E-state index in [0.29, 0.717) is 12.0 Å². The van der Waals surface area contributed by atoms with Crippen molar-refractivity contribution in [2.45, 2.75) is 33.2 Å². The molecule has 0 aliphatic rings. The monoisotopic (exact) mass is 237 g/mol. The zero-order valence-corrected chi connectivity index (χ0v) is 10.5. The van der Waals surface area contributed by atoms with Crippen molar-refractivity contribution in [3.63, 3.8) is 0 Å². The Bertz CT molecular complexity index is 360. The van der Waals surface area contributed by atoms with Gasteiger partial charge in [0.15, 0.2) is 0 Å². The van der Waals surface area contributed by atoms with Crippen LogP contribution >= 0.6 is 0 Å². The van der Waals surface area contributed by atoms with E-state index < -0.39 is 0 Å². The number of carbonyl (C=O) groups excluding carboxylic acids is 1. The Labute approximate surface area is 101 Å². The third-order valence-corrected chi connectivity index (χ3v) is 2.59. The van der Waals surface area contributed by atoms with Crippen molar-refractivity contribution in [1.29, 1.82) is 0 Å². The number of rotatable bonds is 4. The fraction of sp³-hybridized carbons (Fsp3) is 0.583. The predicted octanol–water partition coefficient (Wildman–Crippen LogP) is 1.00. The minimum absolute atomic E-state index is 0.0491. The smallest absolute Gasteiger partial charge is 0.254 e. The highest BCUT2D eigenvalue weighted by Crippen LogP contribution is 2.21. The molecule has 1 rings (SSSR count). The maximum absolute atomic E-state index is 11.9. The van der Waals surface area contributed by atoms with Crippen LogP contribution in [-0.2, 0) is 0 Å². The first-order chi connectivity index (χ1) is 7.95. The standard InChI is InChI=1S/C12H19N3O2/c1-12(2,3)10(4-5-16)15-11(17)9-6-13-8-14-7-9/h6-8,10,16H,4-5H2,1-3H3,(H,15,17). The van der Waals surface area contributed by atoms with Gasteiger partial charge in [0, 0.05) is 25.0 Å². The summed E-state index contributed by atoms with van der Waals surface area (Å²) in [5.41, 5.74) is 0.327. The van der Waals surface area contributed by atoms with E-state index in [9.17, 15) is 4.79 Å². The van der Waals surface area contributed by atoms with Gasteiger partial charge in [0.2, 0.25) is 0 Å². The van der Waals surface area contributed by atoms with E-state index in [1.54, 1.807) is 0 Å². The molecule has 1 aromatic rings. The summed E-state index contributed by atoms with van der Waals surface area (Å²) in [6.45, 7) is 6.12. The molecule has 0 saturated carbocycles. The maximum Gasteiger partial charge on any atom is 0.254 e. The second-order valence-electron chi connectivity index (χ2n) is 5.03. The predicted molar refractivity (Wildman–Crippen MR) is 64.4 cm³/mol. The molecule has 0 aliphatic carbocycles. The Morgan fingerprint density at radius 1 is 1.41 bits per heavy atom. The summed E-state index contributed by atoms with van der Waals surface area (Å²) in [6, 6.07) is -0.0831. The molecule has 1 atom stereocenters. The molecule has 1 unspecified atom stereocenters. The zero-order valence-electron chi connectivity index (χ0n) is 10.5. The summed E-state index contributed by atoms with van der Waals surface area (Å²) in [6.07, 6.45) is 4.86. The van der Waals surface area contributed by atoms with Crippen LogP contribution in [-0.4, -0.2) is 33.6 Å². The van der Waals surface area contributed by atoms with Gasteiger partial charge in [-0.15, -0.1) is 0 Å². The third kappa shape index (κ3) is 4.11.